The minimum Gasteiger partial charge on any atom is -0.494 e. The molecule has 168 valence electrons. The van der Waals surface area contributed by atoms with Crippen LogP contribution in [0, 0.1) is 6.92 Å². The average Bonchev–Trinajstić information content (AvgIpc) is 3.31. The van der Waals surface area contributed by atoms with Crippen LogP contribution in [0.2, 0.25) is 0 Å². The van der Waals surface area contributed by atoms with Crippen LogP contribution in [0.15, 0.2) is 91.0 Å². The van der Waals surface area contributed by atoms with E-state index in [-0.39, 0.29) is 11.7 Å². The van der Waals surface area contributed by atoms with Gasteiger partial charge in [0.2, 0.25) is 5.82 Å². The van der Waals surface area contributed by atoms with Crippen LogP contribution < -0.4 is 10.1 Å². The molecule has 34 heavy (non-hydrogen) atoms. The fourth-order valence-corrected chi connectivity index (χ4v) is 3.78. The van der Waals surface area contributed by atoms with Crippen molar-refractivity contribution in [2.75, 3.05) is 11.9 Å². The number of ether oxygens (including phenoxy) is 1. The van der Waals surface area contributed by atoms with E-state index in [2.05, 4.69) is 15.4 Å². The SMILES string of the molecule is CCOc1ccc(-n2nc(C(=O)Nc3ccc4ccccc4c3)nc2-c2ccc(C)cc2)cc1. The van der Waals surface area contributed by atoms with Crippen LogP contribution in [0.25, 0.3) is 27.8 Å². The maximum atomic E-state index is 13.1. The van der Waals surface area contributed by atoms with E-state index in [1.165, 1.54) is 0 Å². The van der Waals surface area contributed by atoms with Crippen molar-refractivity contribution in [3.8, 4) is 22.8 Å². The van der Waals surface area contributed by atoms with E-state index in [0.29, 0.717) is 18.1 Å². The summed E-state index contributed by atoms with van der Waals surface area (Å²) < 4.78 is 7.25. The van der Waals surface area contributed by atoms with E-state index in [9.17, 15) is 4.79 Å². The van der Waals surface area contributed by atoms with Crippen molar-refractivity contribution in [2.45, 2.75) is 13.8 Å². The van der Waals surface area contributed by atoms with Gasteiger partial charge in [0.25, 0.3) is 5.91 Å². The smallest absolute Gasteiger partial charge is 0.295 e. The summed E-state index contributed by atoms with van der Waals surface area (Å²) in [7, 11) is 0. The first-order valence-electron chi connectivity index (χ1n) is 11.2. The molecule has 0 atom stereocenters. The Morgan fingerprint density at radius 2 is 1.65 bits per heavy atom. The summed E-state index contributed by atoms with van der Waals surface area (Å²) in [5.41, 5.74) is 3.50. The molecule has 0 saturated carbocycles. The minimum absolute atomic E-state index is 0.0950. The van der Waals surface area contributed by atoms with E-state index >= 15 is 0 Å². The molecule has 0 aliphatic heterocycles. The number of amides is 1. The number of hydrogen-bond donors (Lipinski definition) is 1. The molecule has 0 aliphatic rings. The van der Waals surface area contributed by atoms with Crippen LogP contribution in [0.1, 0.15) is 23.1 Å². The first kappa shape index (κ1) is 21.4. The number of hydrogen-bond acceptors (Lipinski definition) is 4. The predicted molar refractivity (Wildman–Crippen MR) is 135 cm³/mol. The molecule has 0 saturated heterocycles. The molecule has 5 rings (SSSR count). The molecular weight excluding hydrogens is 424 g/mol. The average molecular weight is 449 g/mol. The molecule has 5 aromatic rings. The van der Waals surface area contributed by atoms with Crippen LogP contribution in [-0.4, -0.2) is 27.3 Å². The molecular formula is C28H24N4O2. The fourth-order valence-electron chi connectivity index (χ4n) is 3.78. The van der Waals surface area contributed by atoms with Gasteiger partial charge in [-0.3, -0.25) is 4.79 Å². The number of carbonyl (C=O) groups is 1. The summed E-state index contributed by atoms with van der Waals surface area (Å²) in [5, 5.41) is 9.66. The predicted octanol–water partition coefficient (Wildman–Crippen LogP) is 6.05. The maximum absolute atomic E-state index is 13.1. The lowest BCUT2D eigenvalue weighted by molar-refractivity contribution is 0.101. The number of nitrogens with zero attached hydrogens (tertiary/aromatic N) is 3. The third kappa shape index (κ3) is 4.38. The number of aryl methyl sites for hydroxylation is 1. The van der Waals surface area contributed by atoms with Crippen molar-refractivity contribution in [1.82, 2.24) is 14.8 Å². The number of anilines is 1. The number of aromatic nitrogens is 3. The van der Waals surface area contributed by atoms with Gasteiger partial charge in [0.05, 0.1) is 12.3 Å². The largest absolute Gasteiger partial charge is 0.494 e. The second kappa shape index (κ2) is 9.19. The number of fused-ring (bicyclic) bond motifs is 1. The first-order chi connectivity index (χ1) is 16.6. The van der Waals surface area contributed by atoms with E-state index in [1.807, 2.05) is 105 Å². The molecule has 0 fully saturated rings. The fraction of sp³-hybridized carbons (Fsp3) is 0.107. The molecule has 0 spiro atoms. The van der Waals surface area contributed by atoms with E-state index in [1.54, 1.807) is 4.68 Å². The van der Waals surface area contributed by atoms with Crippen LogP contribution in [0.5, 0.6) is 5.75 Å². The second-order valence-corrected chi connectivity index (χ2v) is 7.98. The Morgan fingerprint density at radius 3 is 2.38 bits per heavy atom. The molecule has 0 radical (unpaired) electrons. The van der Waals surface area contributed by atoms with Crippen molar-refractivity contribution in [3.63, 3.8) is 0 Å². The number of nitrogens with one attached hydrogen (secondary N) is 1. The molecule has 6 nitrogen and oxygen atoms in total. The highest BCUT2D eigenvalue weighted by molar-refractivity contribution is 6.03. The highest BCUT2D eigenvalue weighted by atomic mass is 16.5. The molecule has 1 amide bonds. The Morgan fingerprint density at radius 1 is 0.912 bits per heavy atom. The Hall–Kier alpha value is -4.45. The highest BCUT2D eigenvalue weighted by Gasteiger charge is 2.19. The summed E-state index contributed by atoms with van der Waals surface area (Å²) >= 11 is 0. The van der Waals surface area contributed by atoms with Crippen LogP contribution in [0.4, 0.5) is 5.69 Å². The van der Waals surface area contributed by atoms with Gasteiger partial charge in [-0.15, -0.1) is 5.10 Å². The topological polar surface area (TPSA) is 69.0 Å². The van der Waals surface area contributed by atoms with Crippen molar-refractivity contribution in [3.05, 3.63) is 102 Å². The second-order valence-electron chi connectivity index (χ2n) is 7.98. The molecule has 4 aromatic carbocycles. The summed E-state index contributed by atoms with van der Waals surface area (Å²) in [6.45, 7) is 4.57. The zero-order valence-corrected chi connectivity index (χ0v) is 19.0. The van der Waals surface area contributed by atoms with Gasteiger partial charge < -0.3 is 10.1 Å². The van der Waals surface area contributed by atoms with Crippen molar-refractivity contribution in [1.29, 1.82) is 0 Å². The van der Waals surface area contributed by atoms with Crippen molar-refractivity contribution < 1.29 is 9.53 Å². The van der Waals surface area contributed by atoms with Gasteiger partial charge in [0.1, 0.15) is 5.75 Å². The minimum atomic E-state index is -0.367. The van der Waals surface area contributed by atoms with Gasteiger partial charge in [-0.2, -0.15) is 0 Å². The Labute approximate surface area is 197 Å². The van der Waals surface area contributed by atoms with Crippen molar-refractivity contribution in [2.24, 2.45) is 0 Å². The first-order valence-corrected chi connectivity index (χ1v) is 11.2. The zero-order valence-electron chi connectivity index (χ0n) is 19.0. The zero-order chi connectivity index (χ0) is 23.5. The van der Waals surface area contributed by atoms with Gasteiger partial charge in [-0.25, -0.2) is 9.67 Å². The number of carbonyl (C=O) groups excluding carboxylic acids is 1. The van der Waals surface area contributed by atoms with Gasteiger partial charge >= 0.3 is 0 Å². The van der Waals surface area contributed by atoms with E-state index < -0.39 is 0 Å². The quantitative estimate of drug-likeness (QED) is 0.343. The lowest BCUT2D eigenvalue weighted by atomic mass is 10.1. The summed E-state index contributed by atoms with van der Waals surface area (Å²) in [5.74, 6) is 1.09. The molecule has 1 aromatic heterocycles. The molecule has 0 bridgehead atoms. The maximum Gasteiger partial charge on any atom is 0.295 e. The molecule has 1 N–H and O–H groups in total. The van der Waals surface area contributed by atoms with Crippen LogP contribution in [0.3, 0.4) is 0 Å². The Kier molecular flexibility index (Phi) is 5.79. The van der Waals surface area contributed by atoms with Gasteiger partial charge in [-0.05, 0) is 61.0 Å². The summed E-state index contributed by atoms with van der Waals surface area (Å²) in [6.07, 6.45) is 0. The van der Waals surface area contributed by atoms with Crippen LogP contribution >= 0.6 is 0 Å². The summed E-state index contributed by atoms with van der Waals surface area (Å²) in [4.78, 5) is 17.7. The van der Waals surface area contributed by atoms with Gasteiger partial charge in [0.15, 0.2) is 5.82 Å². The molecule has 0 unspecified atom stereocenters. The molecule has 6 heteroatoms. The van der Waals surface area contributed by atoms with E-state index in [0.717, 1.165) is 33.3 Å². The number of rotatable bonds is 6. The highest BCUT2D eigenvalue weighted by Crippen LogP contribution is 2.24. The molecule has 0 aliphatic carbocycles. The van der Waals surface area contributed by atoms with E-state index in [4.69, 9.17) is 4.74 Å². The normalized spacial score (nSPS) is 10.9. The third-order valence-electron chi connectivity index (χ3n) is 5.52. The van der Waals surface area contributed by atoms with Gasteiger partial charge in [-0.1, -0.05) is 60.2 Å². The van der Waals surface area contributed by atoms with Gasteiger partial charge in [0, 0.05) is 11.3 Å². The Bertz CT molecular complexity index is 1450. The lowest BCUT2D eigenvalue weighted by Gasteiger charge is -2.08. The standard InChI is InChI=1S/C28H24N4O2/c1-3-34-25-16-14-24(15-17-25)32-27(21-10-8-19(2)9-11-21)30-26(31-32)28(33)29-23-13-12-20-6-4-5-7-22(20)18-23/h4-18H,3H2,1-2H3,(H,29,33). The third-order valence-corrected chi connectivity index (χ3v) is 5.52. The summed E-state index contributed by atoms with van der Waals surface area (Å²) in [6, 6.07) is 29.4. The van der Waals surface area contributed by atoms with Crippen molar-refractivity contribution >= 4 is 22.4 Å². The lowest BCUT2D eigenvalue weighted by Crippen LogP contribution is -2.14. The molecule has 1 heterocycles. The van der Waals surface area contributed by atoms with Crippen LogP contribution in [-0.2, 0) is 0 Å². The monoisotopic (exact) mass is 448 g/mol. The number of benzene rings is 4. The Balaban J connectivity index is 1.50.